The van der Waals surface area contributed by atoms with Crippen LogP contribution in [0.15, 0.2) is 54.9 Å². The fraction of sp³-hybridized carbons (Fsp3) is 0.462. The van der Waals surface area contributed by atoms with Crippen molar-refractivity contribution in [2.75, 3.05) is 13.2 Å². The molecule has 2 aromatic heterocycles. The van der Waals surface area contributed by atoms with Crippen LogP contribution in [0.4, 0.5) is 0 Å². The Kier molecular flexibility index (Phi) is 10.1. The van der Waals surface area contributed by atoms with Crippen molar-refractivity contribution in [3.05, 3.63) is 58.7 Å². The van der Waals surface area contributed by atoms with E-state index in [9.17, 15) is 0 Å². The molecule has 0 aliphatic carbocycles. The van der Waals surface area contributed by atoms with E-state index in [-0.39, 0.29) is 0 Å². The lowest BCUT2D eigenvalue weighted by Gasteiger charge is -2.15. The number of fused-ring (bicyclic) bond motifs is 2. The number of rotatable bonds is 10. The molecule has 0 amide bonds. The van der Waals surface area contributed by atoms with Crippen molar-refractivity contribution >= 4 is 60.8 Å². The topological polar surface area (TPSA) is 54.1 Å². The Morgan fingerprint density at radius 3 is 1.91 bits per heavy atom. The maximum Gasteiger partial charge on any atom is 0.174 e. The second kappa shape index (κ2) is 12.6. The summed E-state index contributed by atoms with van der Waals surface area (Å²) >= 11 is 2.26. The number of benzene rings is 2. The second-order valence-corrected chi connectivity index (χ2v) is 23.4. The van der Waals surface area contributed by atoms with Crippen molar-refractivity contribution in [3.63, 3.8) is 0 Å². The molecule has 0 aliphatic rings. The Morgan fingerprint density at radius 1 is 0.743 bits per heavy atom. The molecule has 190 valence electrons. The summed E-state index contributed by atoms with van der Waals surface area (Å²) in [6, 6.07) is 18.7. The summed E-state index contributed by atoms with van der Waals surface area (Å²) in [7, 11) is -1.98. The standard InChI is InChI=1S/C13H19IN2OSi.C13H20N2OSi/c1-18(2,3)9-8-17-10-16-12-7-5-4-6-11(12)15-13(16)14;1-17(2,3)9-8-16-11-15-10-14-12-6-4-5-7-13(12)15/h4-7H,8-10H2,1-3H3;4-7,10H,8-9,11H2,1-3H3. The van der Waals surface area contributed by atoms with E-state index < -0.39 is 16.1 Å². The maximum atomic E-state index is 5.80. The summed E-state index contributed by atoms with van der Waals surface area (Å²) in [5, 5.41) is 0. The van der Waals surface area contributed by atoms with Crippen LogP contribution in [0.2, 0.25) is 51.4 Å². The first-order chi connectivity index (χ1) is 16.5. The number of para-hydroxylation sites is 4. The van der Waals surface area contributed by atoms with Gasteiger partial charge < -0.3 is 14.0 Å². The lowest BCUT2D eigenvalue weighted by molar-refractivity contribution is 0.0881. The molecular formula is C26H39IN4O2Si2. The quantitative estimate of drug-likeness (QED) is 0.106. The minimum atomic E-state index is -0.998. The number of nitrogens with zero attached hydrogens (tertiary/aromatic N) is 4. The van der Waals surface area contributed by atoms with E-state index in [0.717, 1.165) is 39.1 Å². The zero-order valence-corrected chi connectivity index (χ0v) is 26.1. The third-order valence-electron chi connectivity index (χ3n) is 5.58. The molecule has 0 spiro atoms. The third-order valence-corrected chi connectivity index (χ3v) is 9.81. The van der Waals surface area contributed by atoms with Gasteiger partial charge in [-0.15, -0.1) is 0 Å². The monoisotopic (exact) mass is 622 g/mol. The van der Waals surface area contributed by atoms with Crippen LogP contribution in [-0.2, 0) is 22.9 Å². The zero-order valence-electron chi connectivity index (χ0n) is 21.9. The van der Waals surface area contributed by atoms with Gasteiger partial charge in [0.15, 0.2) is 3.83 Å². The van der Waals surface area contributed by atoms with Crippen molar-refractivity contribution in [1.29, 1.82) is 0 Å². The van der Waals surface area contributed by atoms with Gasteiger partial charge in [0.25, 0.3) is 0 Å². The first kappa shape index (κ1) is 28.0. The van der Waals surface area contributed by atoms with Crippen molar-refractivity contribution < 1.29 is 9.47 Å². The average molecular weight is 623 g/mol. The molecule has 2 heterocycles. The number of ether oxygens (including phenoxy) is 2. The van der Waals surface area contributed by atoms with E-state index in [1.807, 2.05) is 42.7 Å². The number of hydrogen-bond donors (Lipinski definition) is 0. The number of imidazole rings is 2. The van der Waals surface area contributed by atoms with Crippen LogP contribution in [-0.4, -0.2) is 48.5 Å². The van der Waals surface area contributed by atoms with E-state index in [1.165, 1.54) is 12.1 Å². The Morgan fingerprint density at radius 2 is 1.29 bits per heavy atom. The molecule has 0 aliphatic heterocycles. The molecule has 9 heteroatoms. The van der Waals surface area contributed by atoms with E-state index >= 15 is 0 Å². The predicted molar refractivity (Wildman–Crippen MR) is 160 cm³/mol. The molecule has 0 saturated heterocycles. The van der Waals surface area contributed by atoms with Crippen LogP contribution in [0.1, 0.15) is 0 Å². The zero-order chi connectivity index (χ0) is 25.5. The predicted octanol–water partition coefficient (Wildman–Crippen LogP) is 7.30. The summed E-state index contributed by atoms with van der Waals surface area (Å²) in [5.74, 6) is 0. The highest BCUT2D eigenvalue weighted by molar-refractivity contribution is 14.1. The molecule has 0 bridgehead atoms. The van der Waals surface area contributed by atoms with Gasteiger partial charge in [0.05, 0.1) is 28.4 Å². The van der Waals surface area contributed by atoms with Crippen LogP contribution in [0, 0.1) is 3.83 Å². The van der Waals surface area contributed by atoms with Gasteiger partial charge in [0, 0.05) is 52.0 Å². The fourth-order valence-electron chi connectivity index (χ4n) is 3.36. The van der Waals surface area contributed by atoms with Gasteiger partial charge in [0.2, 0.25) is 0 Å². The molecule has 0 radical (unpaired) electrons. The molecule has 0 unspecified atom stereocenters. The lowest BCUT2D eigenvalue weighted by atomic mass is 10.3. The SMILES string of the molecule is C[Si](C)(C)CCOCn1c(I)nc2ccccc21.C[Si](C)(C)CCOCn1cnc2ccccc21. The molecule has 6 nitrogen and oxygen atoms in total. The van der Waals surface area contributed by atoms with E-state index in [0.29, 0.717) is 13.5 Å². The highest BCUT2D eigenvalue weighted by Crippen LogP contribution is 2.18. The number of hydrogen-bond acceptors (Lipinski definition) is 4. The van der Waals surface area contributed by atoms with Gasteiger partial charge >= 0.3 is 0 Å². The first-order valence-corrected chi connectivity index (χ1v) is 20.7. The second-order valence-electron chi connectivity index (χ2n) is 11.2. The van der Waals surface area contributed by atoms with Crippen LogP contribution in [0.25, 0.3) is 22.1 Å². The number of aromatic nitrogens is 4. The highest BCUT2D eigenvalue weighted by Gasteiger charge is 2.13. The number of halogens is 1. The minimum Gasteiger partial charge on any atom is -0.361 e. The third kappa shape index (κ3) is 9.12. The van der Waals surface area contributed by atoms with Crippen molar-refractivity contribution in [3.8, 4) is 0 Å². The molecular weight excluding hydrogens is 583 g/mol. The lowest BCUT2D eigenvalue weighted by Crippen LogP contribution is -2.22. The van der Waals surface area contributed by atoms with Gasteiger partial charge in [-0.3, -0.25) is 4.57 Å². The molecule has 0 saturated carbocycles. The average Bonchev–Trinajstić information content (AvgIpc) is 3.34. The van der Waals surface area contributed by atoms with Crippen molar-refractivity contribution in [2.45, 2.75) is 64.8 Å². The van der Waals surface area contributed by atoms with Crippen LogP contribution in [0.5, 0.6) is 0 Å². The smallest absolute Gasteiger partial charge is 0.174 e. The summed E-state index contributed by atoms with van der Waals surface area (Å²) in [6.45, 7) is 17.1. The van der Waals surface area contributed by atoms with Gasteiger partial charge in [-0.05, 0) is 36.4 Å². The molecule has 0 N–H and O–H groups in total. The molecule has 2 aromatic carbocycles. The van der Waals surface area contributed by atoms with Crippen LogP contribution < -0.4 is 0 Å². The minimum absolute atomic E-state index is 0.600. The normalized spacial score (nSPS) is 12.2. The fourth-order valence-corrected chi connectivity index (χ4v) is 5.53. The Labute approximate surface area is 225 Å². The first-order valence-electron chi connectivity index (χ1n) is 12.2. The van der Waals surface area contributed by atoms with Crippen LogP contribution >= 0.6 is 22.6 Å². The van der Waals surface area contributed by atoms with Gasteiger partial charge in [-0.25, -0.2) is 9.97 Å². The van der Waals surface area contributed by atoms with E-state index in [4.69, 9.17) is 9.47 Å². The molecule has 4 aromatic rings. The Bertz CT molecular complexity index is 1210. The maximum absolute atomic E-state index is 5.80. The summed E-state index contributed by atoms with van der Waals surface area (Å²) in [6.07, 6.45) is 1.85. The summed E-state index contributed by atoms with van der Waals surface area (Å²) < 4.78 is 16.7. The molecule has 4 rings (SSSR count). The largest absolute Gasteiger partial charge is 0.361 e. The summed E-state index contributed by atoms with van der Waals surface area (Å²) in [5.41, 5.74) is 4.35. The van der Waals surface area contributed by atoms with E-state index in [1.54, 1.807) is 0 Å². The Balaban J connectivity index is 0.000000196. The van der Waals surface area contributed by atoms with E-state index in [2.05, 4.69) is 93.1 Å². The van der Waals surface area contributed by atoms with Gasteiger partial charge in [0.1, 0.15) is 13.5 Å². The highest BCUT2D eigenvalue weighted by atomic mass is 127. The van der Waals surface area contributed by atoms with Gasteiger partial charge in [-0.1, -0.05) is 63.5 Å². The molecule has 0 atom stereocenters. The van der Waals surface area contributed by atoms with Crippen molar-refractivity contribution in [2.24, 2.45) is 0 Å². The molecule has 35 heavy (non-hydrogen) atoms. The Hall–Kier alpha value is -1.54. The molecule has 0 fully saturated rings. The van der Waals surface area contributed by atoms with Crippen molar-refractivity contribution in [1.82, 2.24) is 19.1 Å². The van der Waals surface area contributed by atoms with Gasteiger partial charge in [-0.2, -0.15) is 0 Å². The summed E-state index contributed by atoms with van der Waals surface area (Å²) in [4.78, 5) is 8.86. The van der Waals surface area contributed by atoms with Crippen LogP contribution in [0.3, 0.4) is 0 Å².